The number of ether oxygens (including phenoxy) is 1. The third-order valence-corrected chi connectivity index (χ3v) is 3.22. The van der Waals surface area contributed by atoms with E-state index < -0.39 is 0 Å². The van der Waals surface area contributed by atoms with E-state index in [1.165, 1.54) is 25.9 Å². The summed E-state index contributed by atoms with van der Waals surface area (Å²) < 4.78 is 4.99. The smallest absolute Gasteiger partial charge is 0.191 e. The van der Waals surface area contributed by atoms with Crippen molar-refractivity contribution in [2.75, 3.05) is 54.0 Å². The molecule has 0 saturated carbocycles. The molecule has 0 aromatic carbocycles. The van der Waals surface area contributed by atoms with E-state index in [-0.39, 0.29) is 0 Å². The van der Waals surface area contributed by atoms with Crippen LogP contribution in [-0.2, 0) is 4.74 Å². The van der Waals surface area contributed by atoms with Crippen LogP contribution in [0.5, 0.6) is 0 Å². The minimum atomic E-state index is 0.703. The lowest BCUT2D eigenvalue weighted by Gasteiger charge is -2.29. The molecule has 1 heterocycles. The molecule has 0 spiro atoms. The van der Waals surface area contributed by atoms with Gasteiger partial charge in [0.1, 0.15) is 0 Å². The Labute approximate surface area is 105 Å². The number of likely N-dealkylation sites (tertiary alicyclic amines) is 1. The van der Waals surface area contributed by atoms with Crippen molar-refractivity contribution in [3.8, 4) is 0 Å². The first-order valence-electron chi connectivity index (χ1n) is 6.38. The molecule has 0 aromatic heterocycles. The molecule has 0 atom stereocenters. The van der Waals surface area contributed by atoms with Gasteiger partial charge in [0.05, 0.1) is 6.61 Å². The van der Waals surface area contributed by atoms with Crippen molar-refractivity contribution in [2.45, 2.75) is 12.8 Å². The molecule has 5 heteroatoms. The van der Waals surface area contributed by atoms with E-state index in [9.17, 15) is 0 Å². The number of nitrogens with one attached hydrogen (secondary N) is 2. The molecule has 1 rings (SSSR count). The minimum absolute atomic E-state index is 0.703. The lowest BCUT2D eigenvalue weighted by atomic mass is 9.97. The number of methoxy groups -OCH3 is 1. The second kappa shape index (κ2) is 8.31. The van der Waals surface area contributed by atoms with Gasteiger partial charge in [0, 0.05) is 27.2 Å². The molecule has 1 aliphatic heterocycles. The summed E-state index contributed by atoms with van der Waals surface area (Å²) in [6.45, 7) is 4.93. The Morgan fingerprint density at radius 1 is 1.35 bits per heavy atom. The van der Waals surface area contributed by atoms with Crippen molar-refractivity contribution >= 4 is 5.96 Å². The van der Waals surface area contributed by atoms with Crippen LogP contribution in [0.2, 0.25) is 0 Å². The summed E-state index contributed by atoms with van der Waals surface area (Å²) in [4.78, 5) is 6.58. The molecule has 0 bridgehead atoms. The summed E-state index contributed by atoms with van der Waals surface area (Å²) in [5.41, 5.74) is 0. The molecule has 2 N–H and O–H groups in total. The van der Waals surface area contributed by atoms with E-state index in [0.29, 0.717) is 6.61 Å². The summed E-state index contributed by atoms with van der Waals surface area (Å²) in [6.07, 6.45) is 2.55. The van der Waals surface area contributed by atoms with Gasteiger partial charge in [0.2, 0.25) is 0 Å². The van der Waals surface area contributed by atoms with E-state index in [4.69, 9.17) is 4.74 Å². The highest BCUT2D eigenvalue weighted by Gasteiger charge is 2.16. The molecule has 1 saturated heterocycles. The molecule has 0 amide bonds. The number of piperidine rings is 1. The highest BCUT2D eigenvalue weighted by molar-refractivity contribution is 5.79. The number of aliphatic imine (C=N–C) groups is 1. The van der Waals surface area contributed by atoms with E-state index in [1.54, 1.807) is 14.2 Å². The Kier molecular flexibility index (Phi) is 6.96. The van der Waals surface area contributed by atoms with Gasteiger partial charge in [-0.2, -0.15) is 0 Å². The zero-order valence-electron chi connectivity index (χ0n) is 11.3. The molecule has 5 nitrogen and oxygen atoms in total. The largest absolute Gasteiger partial charge is 0.383 e. The summed E-state index contributed by atoms with van der Waals surface area (Å²) in [7, 11) is 5.70. The molecule has 0 aromatic rings. The summed E-state index contributed by atoms with van der Waals surface area (Å²) in [6, 6.07) is 0. The lowest BCUT2D eigenvalue weighted by Crippen LogP contribution is -2.43. The fraction of sp³-hybridized carbons (Fsp3) is 0.917. The SMILES string of the molecule is CN=C(NCCOC)NCC1CCN(C)CC1. The van der Waals surface area contributed by atoms with E-state index in [2.05, 4.69) is 27.6 Å². The van der Waals surface area contributed by atoms with E-state index >= 15 is 0 Å². The molecule has 1 aliphatic rings. The number of rotatable bonds is 5. The first-order chi connectivity index (χ1) is 8.26. The topological polar surface area (TPSA) is 48.9 Å². The fourth-order valence-corrected chi connectivity index (χ4v) is 2.00. The molecule has 0 aliphatic carbocycles. The highest BCUT2D eigenvalue weighted by atomic mass is 16.5. The molecule has 17 heavy (non-hydrogen) atoms. The van der Waals surface area contributed by atoms with Crippen LogP contribution >= 0.6 is 0 Å². The van der Waals surface area contributed by atoms with Crippen LogP contribution in [-0.4, -0.2) is 64.9 Å². The van der Waals surface area contributed by atoms with Crippen molar-refractivity contribution < 1.29 is 4.74 Å². The van der Waals surface area contributed by atoms with Crippen LogP contribution in [0.1, 0.15) is 12.8 Å². The second-order valence-corrected chi connectivity index (χ2v) is 4.62. The summed E-state index contributed by atoms with van der Waals surface area (Å²) >= 11 is 0. The van der Waals surface area contributed by atoms with Crippen molar-refractivity contribution in [3.05, 3.63) is 0 Å². The van der Waals surface area contributed by atoms with Crippen molar-refractivity contribution in [1.29, 1.82) is 0 Å². The zero-order chi connectivity index (χ0) is 12.5. The van der Waals surface area contributed by atoms with Gasteiger partial charge in [0.15, 0.2) is 5.96 Å². The predicted molar refractivity (Wildman–Crippen MR) is 71.5 cm³/mol. The highest BCUT2D eigenvalue weighted by Crippen LogP contribution is 2.14. The number of hydrogen-bond acceptors (Lipinski definition) is 3. The Hall–Kier alpha value is -0.810. The number of nitrogens with zero attached hydrogens (tertiary/aromatic N) is 2. The third-order valence-electron chi connectivity index (χ3n) is 3.22. The fourth-order valence-electron chi connectivity index (χ4n) is 2.00. The van der Waals surface area contributed by atoms with Crippen molar-refractivity contribution in [1.82, 2.24) is 15.5 Å². The maximum absolute atomic E-state index is 4.99. The second-order valence-electron chi connectivity index (χ2n) is 4.62. The number of guanidine groups is 1. The zero-order valence-corrected chi connectivity index (χ0v) is 11.3. The van der Waals surface area contributed by atoms with Crippen molar-refractivity contribution in [3.63, 3.8) is 0 Å². The summed E-state index contributed by atoms with van der Waals surface area (Å²) in [5.74, 6) is 1.65. The van der Waals surface area contributed by atoms with E-state index in [1.807, 2.05) is 0 Å². The van der Waals surface area contributed by atoms with Crippen molar-refractivity contribution in [2.24, 2.45) is 10.9 Å². The monoisotopic (exact) mass is 242 g/mol. The van der Waals surface area contributed by atoms with Crippen LogP contribution in [0.3, 0.4) is 0 Å². The Morgan fingerprint density at radius 2 is 2.06 bits per heavy atom. The van der Waals surface area contributed by atoms with Gasteiger partial charge in [-0.1, -0.05) is 0 Å². The maximum atomic E-state index is 4.99. The molecule has 0 radical (unpaired) electrons. The quantitative estimate of drug-likeness (QED) is 0.409. The lowest BCUT2D eigenvalue weighted by molar-refractivity contribution is 0.203. The van der Waals surface area contributed by atoms with Crippen LogP contribution in [0.15, 0.2) is 4.99 Å². The average molecular weight is 242 g/mol. The normalized spacial score (nSPS) is 19.4. The Bertz CT molecular complexity index is 225. The van der Waals surface area contributed by atoms with Gasteiger partial charge >= 0.3 is 0 Å². The van der Waals surface area contributed by atoms with Crippen LogP contribution < -0.4 is 10.6 Å². The van der Waals surface area contributed by atoms with Crippen LogP contribution in [0.4, 0.5) is 0 Å². The first kappa shape index (κ1) is 14.3. The maximum Gasteiger partial charge on any atom is 0.191 e. The molecule has 100 valence electrons. The first-order valence-corrected chi connectivity index (χ1v) is 6.38. The molecule has 0 unspecified atom stereocenters. The predicted octanol–water partition coefficient (Wildman–Crippen LogP) is 0.140. The average Bonchev–Trinajstić information content (AvgIpc) is 2.35. The van der Waals surface area contributed by atoms with Gasteiger partial charge < -0.3 is 20.3 Å². The van der Waals surface area contributed by atoms with Gasteiger partial charge in [-0.15, -0.1) is 0 Å². The van der Waals surface area contributed by atoms with Gasteiger partial charge in [-0.3, -0.25) is 4.99 Å². The minimum Gasteiger partial charge on any atom is -0.383 e. The Balaban J connectivity index is 2.14. The molecule has 1 fully saturated rings. The molecular weight excluding hydrogens is 216 g/mol. The van der Waals surface area contributed by atoms with E-state index in [0.717, 1.165) is 25.0 Å². The Morgan fingerprint density at radius 3 is 2.65 bits per heavy atom. The third kappa shape index (κ3) is 5.89. The molecular formula is C12H26N4O. The van der Waals surface area contributed by atoms with Crippen LogP contribution in [0, 0.1) is 5.92 Å². The standard InChI is InChI=1S/C12H26N4O/c1-13-12(14-6-9-17-3)15-10-11-4-7-16(2)8-5-11/h11H,4-10H2,1-3H3,(H2,13,14,15). The van der Waals surface area contributed by atoms with Gasteiger partial charge in [-0.25, -0.2) is 0 Å². The van der Waals surface area contributed by atoms with Gasteiger partial charge in [-0.05, 0) is 38.9 Å². The van der Waals surface area contributed by atoms with Crippen LogP contribution in [0.25, 0.3) is 0 Å². The number of hydrogen-bond donors (Lipinski definition) is 2. The summed E-state index contributed by atoms with van der Waals surface area (Å²) in [5, 5.41) is 6.60. The van der Waals surface area contributed by atoms with Gasteiger partial charge in [0.25, 0.3) is 0 Å².